The summed E-state index contributed by atoms with van der Waals surface area (Å²) in [6.07, 6.45) is 3.19. The highest BCUT2D eigenvalue weighted by atomic mass is 16.5. The van der Waals surface area contributed by atoms with Crippen LogP contribution in [-0.2, 0) is 0 Å². The lowest BCUT2D eigenvalue weighted by atomic mass is 10.2. The minimum absolute atomic E-state index is 0.0796. The maximum absolute atomic E-state index is 9.96. The zero-order chi connectivity index (χ0) is 13.5. The first kappa shape index (κ1) is 12.9. The normalized spacial score (nSPS) is 10.6. The number of aromatic nitrogens is 1. The van der Waals surface area contributed by atoms with Crippen molar-refractivity contribution in [1.82, 2.24) is 4.98 Å². The number of nitrogens with zero attached hydrogens (tertiary/aromatic N) is 2. The number of hydrogen-bond acceptors (Lipinski definition) is 5. The maximum atomic E-state index is 9.96. The van der Waals surface area contributed by atoms with Crippen LogP contribution in [0.2, 0.25) is 0 Å². The fourth-order valence-corrected chi connectivity index (χ4v) is 1.51. The molecule has 2 aromatic rings. The molecule has 0 fully saturated rings. The third-order valence-corrected chi connectivity index (χ3v) is 2.38. The number of hydrazone groups is 1. The van der Waals surface area contributed by atoms with Crippen LogP contribution >= 0.6 is 0 Å². The van der Waals surface area contributed by atoms with Crippen LogP contribution in [0.15, 0.2) is 47.7 Å². The number of anilines is 1. The fraction of sp³-hybridized carbons (Fsp3) is 0.143. The Morgan fingerprint density at radius 3 is 2.95 bits per heavy atom. The third kappa shape index (κ3) is 3.45. The molecule has 0 unspecified atom stereocenters. The van der Waals surface area contributed by atoms with E-state index in [9.17, 15) is 5.11 Å². The average molecular weight is 257 g/mol. The van der Waals surface area contributed by atoms with Gasteiger partial charge in [-0.15, -0.1) is 0 Å². The smallest absolute Gasteiger partial charge is 0.166 e. The Kier molecular flexibility index (Phi) is 4.34. The van der Waals surface area contributed by atoms with Gasteiger partial charge in [0, 0.05) is 11.8 Å². The maximum Gasteiger partial charge on any atom is 0.166 e. The molecule has 0 atom stereocenters. The van der Waals surface area contributed by atoms with Crippen LogP contribution in [0.4, 0.5) is 5.82 Å². The predicted molar refractivity (Wildman–Crippen MR) is 74.7 cm³/mol. The Morgan fingerprint density at radius 1 is 1.32 bits per heavy atom. The van der Waals surface area contributed by atoms with E-state index in [1.54, 1.807) is 30.5 Å². The monoisotopic (exact) mass is 257 g/mol. The molecule has 0 bridgehead atoms. The van der Waals surface area contributed by atoms with Gasteiger partial charge in [-0.25, -0.2) is 4.98 Å². The first-order valence-electron chi connectivity index (χ1n) is 5.96. The van der Waals surface area contributed by atoms with E-state index < -0.39 is 0 Å². The van der Waals surface area contributed by atoms with Gasteiger partial charge in [0.2, 0.25) is 0 Å². The number of benzene rings is 1. The number of ether oxygens (including phenoxy) is 1. The summed E-state index contributed by atoms with van der Waals surface area (Å²) in [5.74, 6) is 1.17. The number of phenols is 1. The van der Waals surface area contributed by atoms with Crippen molar-refractivity contribution in [3.63, 3.8) is 0 Å². The molecule has 0 saturated carbocycles. The van der Waals surface area contributed by atoms with Crippen molar-refractivity contribution in [3.8, 4) is 11.5 Å². The van der Waals surface area contributed by atoms with Crippen LogP contribution in [0, 0.1) is 0 Å². The van der Waals surface area contributed by atoms with Crippen LogP contribution in [0.5, 0.6) is 11.5 Å². The van der Waals surface area contributed by atoms with Crippen LogP contribution in [-0.4, -0.2) is 22.9 Å². The Balaban J connectivity index is 2.08. The van der Waals surface area contributed by atoms with Crippen LogP contribution in [0.25, 0.3) is 0 Å². The van der Waals surface area contributed by atoms with Crippen molar-refractivity contribution < 1.29 is 9.84 Å². The van der Waals surface area contributed by atoms with E-state index in [0.717, 1.165) is 0 Å². The molecule has 0 amide bonds. The van der Waals surface area contributed by atoms with Crippen molar-refractivity contribution in [1.29, 1.82) is 0 Å². The van der Waals surface area contributed by atoms with E-state index in [1.807, 2.05) is 19.1 Å². The number of aromatic hydroxyl groups is 1. The van der Waals surface area contributed by atoms with Gasteiger partial charge in [-0.2, -0.15) is 5.10 Å². The van der Waals surface area contributed by atoms with Crippen molar-refractivity contribution in [2.75, 3.05) is 12.0 Å². The SMILES string of the molecule is CCOc1cccc(/C=N\Nc2ccccn2)c1O. The average Bonchev–Trinajstić information content (AvgIpc) is 2.44. The van der Waals surface area contributed by atoms with Gasteiger partial charge in [-0.3, -0.25) is 5.43 Å². The predicted octanol–water partition coefficient (Wildman–Crippen LogP) is 2.63. The van der Waals surface area contributed by atoms with Crippen molar-refractivity contribution in [2.24, 2.45) is 5.10 Å². The number of hydrogen-bond donors (Lipinski definition) is 2. The Morgan fingerprint density at radius 2 is 2.21 bits per heavy atom. The second-order valence-corrected chi connectivity index (χ2v) is 3.71. The Bertz CT molecular complexity index is 556. The van der Waals surface area contributed by atoms with Gasteiger partial charge in [-0.05, 0) is 31.2 Å². The van der Waals surface area contributed by atoms with Gasteiger partial charge in [0.05, 0.1) is 12.8 Å². The van der Waals surface area contributed by atoms with E-state index in [0.29, 0.717) is 23.7 Å². The summed E-state index contributed by atoms with van der Waals surface area (Å²) >= 11 is 0. The molecule has 98 valence electrons. The number of nitrogens with one attached hydrogen (secondary N) is 1. The minimum Gasteiger partial charge on any atom is -0.504 e. The molecular formula is C14H15N3O2. The summed E-state index contributed by atoms with van der Waals surface area (Å²) < 4.78 is 5.30. The molecule has 1 heterocycles. The molecular weight excluding hydrogens is 242 g/mol. The lowest BCUT2D eigenvalue weighted by molar-refractivity contribution is 0.318. The second-order valence-electron chi connectivity index (χ2n) is 3.71. The molecule has 5 nitrogen and oxygen atoms in total. The topological polar surface area (TPSA) is 66.7 Å². The zero-order valence-electron chi connectivity index (χ0n) is 10.6. The molecule has 0 spiro atoms. The van der Waals surface area contributed by atoms with E-state index in [-0.39, 0.29) is 5.75 Å². The molecule has 0 aliphatic carbocycles. The molecule has 1 aromatic carbocycles. The molecule has 2 rings (SSSR count). The number of phenolic OH excluding ortho intramolecular Hbond substituents is 1. The van der Waals surface area contributed by atoms with E-state index >= 15 is 0 Å². The number of para-hydroxylation sites is 1. The molecule has 2 N–H and O–H groups in total. The molecule has 5 heteroatoms. The van der Waals surface area contributed by atoms with Gasteiger partial charge in [0.15, 0.2) is 11.5 Å². The van der Waals surface area contributed by atoms with Gasteiger partial charge in [0.1, 0.15) is 5.82 Å². The third-order valence-electron chi connectivity index (χ3n) is 2.38. The van der Waals surface area contributed by atoms with Gasteiger partial charge in [0.25, 0.3) is 0 Å². The fourth-order valence-electron chi connectivity index (χ4n) is 1.51. The summed E-state index contributed by atoms with van der Waals surface area (Å²) in [5.41, 5.74) is 3.36. The van der Waals surface area contributed by atoms with E-state index in [1.165, 1.54) is 6.21 Å². The molecule has 0 aliphatic rings. The van der Waals surface area contributed by atoms with Crippen LogP contribution in [0.3, 0.4) is 0 Å². The first-order chi connectivity index (χ1) is 9.31. The summed E-state index contributed by atoms with van der Waals surface area (Å²) in [5, 5.41) is 14.0. The van der Waals surface area contributed by atoms with Crippen LogP contribution in [0.1, 0.15) is 12.5 Å². The highest BCUT2D eigenvalue weighted by molar-refractivity contribution is 5.85. The van der Waals surface area contributed by atoms with Crippen LogP contribution < -0.4 is 10.2 Å². The summed E-state index contributed by atoms with van der Waals surface area (Å²) in [6, 6.07) is 10.7. The molecule has 19 heavy (non-hydrogen) atoms. The van der Waals surface area contributed by atoms with Gasteiger partial charge >= 0.3 is 0 Å². The summed E-state index contributed by atoms with van der Waals surface area (Å²) in [6.45, 7) is 2.36. The molecule has 0 saturated heterocycles. The quantitative estimate of drug-likeness (QED) is 0.638. The number of rotatable bonds is 5. The molecule has 0 radical (unpaired) electrons. The lowest BCUT2D eigenvalue weighted by Crippen LogP contribution is -1.95. The highest BCUT2D eigenvalue weighted by Crippen LogP contribution is 2.28. The number of pyridine rings is 1. The zero-order valence-corrected chi connectivity index (χ0v) is 10.6. The first-order valence-corrected chi connectivity index (χ1v) is 5.96. The molecule has 0 aliphatic heterocycles. The standard InChI is InChI=1S/C14H15N3O2/c1-2-19-12-7-5-6-11(14(12)18)10-16-17-13-8-3-4-9-15-13/h3-10,18H,2H2,1H3,(H,15,17)/b16-10-. The Labute approximate surface area is 111 Å². The largest absolute Gasteiger partial charge is 0.504 e. The second kappa shape index (κ2) is 6.39. The van der Waals surface area contributed by atoms with Crippen molar-refractivity contribution in [3.05, 3.63) is 48.2 Å². The van der Waals surface area contributed by atoms with Gasteiger partial charge in [-0.1, -0.05) is 12.1 Å². The molecule has 1 aromatic heterocycles. The van der Waals surface area contributed by atoms with Crippen molar-refractivity contribution in [2.45, 2.75) is 6.92 Å². The van der Waals surface area contributed by atoms with Gasteiger partial charge < -0.3 is 9.84 Å². The summed E-state index contributed by atoms with van der Waals surface area (Å²) in [7, 11) is 0. The van der Waals surface area contributed by atoms with E-state index in [4.69, 9.17) is 4.74 Å². The lowest BCUT2D eigenvalue weighted by Gasteiger charge is -2.07. The minimum atomic E-state index is 0.0796. The van der Waals surface area contributed by atoms with Crippen molar-refractivity contribution >= 4 is 12.0 Å². The highest BCUT2D eigenvalue weighted by Gasteiger charge is 2.05. The Hall–Kier alpha value is -2.56. The summed E-state index contributed by atoms with van der Waals surface area (Å²) in [4.78, 5) is 4.07. The van der Waals surface area contributed by atoms with E-state index in [2.05, 4.69) is 15.5 Å².